The van der Waals surface area contributed by atoms with E-state index in [1.807, 2.05) is 20.8 Å². The fraction of sp³-hybridized carbons (Fsp3) is 0.900. The predicted molar refractivity (Wildman–Crippen MR) is 58.6 cm³/mol. The van der Waals surface area contributed by atoms with E-state index in [1.165, 1.54) is 0 Å². The maximum absolute atomic E-state index is 11.8. The van der Waals surface area contributed by atoms with Crippen LogP contribution in [0.2, 0.25) is 0 Å². The highest BCUT2D eigenvalue weighted by atomic mass is 35.5. The van der Waals surface area contributed by atoms with E-state index in [0.717, 1.165) is 0 Å². The third-order valence-corrected chi connectivity index (χ3v) is 2.86. The second kappa shape index (κ2) is 7.07. The fourth-order valence-electron chi connectivity index (χ4n) is 1.30. The highest BCUT2D eigenvalue weighted by Gasteiger charge is 2.25. The van der Waals surface area contributed by atoms with Gasteiger partial charge in [-0.25, -0.2) is 0 Å². The van der Waals surface area contributed by atoms with E-state index in [2.05, 4.69) is 0 Å². The first-order valence-corrected chi connectivity index (χ1v) is 5.43. The molecule has 1 amide bonds. The zero-order valence-corrected chi connectivity index (χ0v) is 10.2. The molecular formula is C10H20ClNO2. The summed E-state index contributed by atoms with van der Waals surface area (Å²) in [7, 11) is 1.61. The zero-order valence-electron chi connectivity index (χ0n) is 9.42. The monoisotopic (exact) mass is 221 g/mol. The molecule has 0 aliphatic heterocycles. The van der Waals surface area contributed by atoms with Crippen LogP contribution in [0.15, 0.2) is 0 Å². The maximum atomic E-state index is 11.8. The van der Waals surface area contributed by atoms with E-state index in [1.54, 1.807) is 12.0 Å². The SMILES string of the molecule is CCN(CC)C(=O)C(Cl)C(C)COC. The number of methoxy groups -OCH3 is 1. The van der Waals surface area contributed by atoms with Gasteiger partial charge < -0.3 is 9.64 Å². The second-order valence-electron chi connectivity index (χ2n) is 3.34. The number of nitrogens with zero attached hydrogens (tertiary/aromatic N) is 1. The van der Waals surface area contributed by atoms with Crippen molar-refractivity contribution in [2.24, 2.45) is 5.92 Å². The van der Waals surface area contributed by atoms with Gasteiger partial charge in [-0.3, -0.25) is 4.79 Å². The van der Waals surface area contributed by atoms with Gasteiger partial charge >= 0.3 is 0 Å². The molecule has 0 radical (unpaired) electrons. The van der Waals surface area contributed by atoms with Crippen LogP contribution in [0.4, 0.5) is 0 Å². The van der Waals surface area contributed by atoms with Crippen molar-refractivity contribution >= 4 is 17.5 Å². The Kier molecular flexibility index (Phi) is 6.93. The summed E-state index contributed by atoms with van der Waals surface area (Å²) in [6.07, 6.45) is 0. The van der Waals surface area contributed by atoms with Crippen molar-refractivity contribution < 1.29 is 9.53 Å². The molecule has 0 fully saturated rings. The molecule has 0 saturated carbocycles. The highest BCUT2D eigenvalue weighted by Crippen LogP contribution is 2.13. The van der Waals surface area contributed by atoms with Gasteiger partial charge in [0, 0.05) is 26.1 Å². The van der Waals surface area contributed by atoms with E-state index in [0.29, 0.717) is 19.7 Å². The maximum Gasteiger partial charge on any atom is 0.240 e. The Morgan fingerprint density at radius 1 is 1.43 bits per heavy atom. The minimum Gasteiger partial charge on any atom is -0.384 e. The third kappa shape index (κ3) is 3.84. The number of carbonyl (C=O) groups is 1. The smallest absolute Gasteiger partial charge is 0.240 e. The van der Waals surface area contributed by atoms with Gasteiger partial charge in [0.2, 0.25) is 5.91 Å². The lowest BCUT2D eigenvalue weighted by Gasteiger charge is -2.24. The summed E-state index contributed by atoms with van der Waals surface area (Å²) in [6, 6.07) is 0. The van der Waals surface area contributed by atoms with Gasteiger partial charge in [-0.1, -0.05) is 6.92 Å². The Balaban J connectivity index is 4.21. The van der Waals surface area contributed by atoms with Gasteiger partial charge in [-0.15, -0.1) is 11.6 Å². The Labute approximate surface area is 91.4 Å². The Bertz CT molecular complexity index is 172. The molecule has 0 heterocycles. The molecule has 84 valence electrons. The Morgan fingerprint density at radius 2 is 1.93 bits per heavy atom. The Hall–Kier alpha value is -0.280. The normalized spacial score (nSPS) is 14.9. The standard InChI is InChI=1S/C10H20ClNO2/c1-5-12(6-2)10(13)9(11)8(3)7-14-4/h8-9H,5-7H2,1-4H3. The van der Waals surface area contributed by atoms with Crippen molar-refractivity contribution in [3.05, 3.63) is 0 Å². The molecule has 4 heteroatoms. The van der Waals surface area contributed by atoms with Crippen LogP contribution in [-0.2, 0) is 9.53 Å². The van der Waals surface area contributed by atoms with Gasteiger partial charge in [0.1, 0.15) is 5.38 Å². The van der Waals surface area contributed by atoms with E-state index in [9.17, 15) is 4.79 Å². The van der Waals surface area contributed by atoms with Crippen LogP contribution in [0.5, 0.6) is 0 Å². The van der Waals surface area contributed by atoms with Crippen molar-refractivity contribution in [1.29, 1.82) is 0 Å². The molecule has 0 rings (SSSR count). The molecule has 0 spiro atoms. The second-order valence-corrected chi connectivity index (χ2v) is 3.82. The average Bonchev–Trinajstić information content (AvgIpc) is 2.18. The van der Waals surface area contributed by atoms with Gasteiger partial charge in [0.15, 0.2) is 0 Å². The number of amides is 1. The number of alkyl halides is 1. The molecule has 0 aromatic heterocycles. The lowest BCUT2D eigenvalue weighted by Crippen LogP contribution is -2.40. The number of halogens is 1. The lowest BCUT2D eigenvalue weighted by atomic mass is 10.1. The van der Waals surface area contributed by atoms with E-state index in [-0.39, 0.29) is 11.8 Å². The van der Waals surface area contributed by atoms with Crippen LogP contribution < -0.4 is 0 Å². The summed E-state index contributed by atoms with van der Waals surface area (Å²) in [5.41, 5.74) is 0. The summed E-state index contributed by atoms with van der Waals surface area (Å²) < 4.78 is 4.97. The van der Waals surface area contributed by atoms with Crippen molar-refractivity contribution in [2.75, 3.05) is 26.8 Å². The largest absolute Gasteiger partial charge is 0.384 e. The minimum absolute atomic E-state index is 0.00113. The Morgan fingerprint density at radius 3 is 2.29 bits per heavy atom. The van der Waals surface area contributed by atoms with Crippen LogP contribution in [0.1, 0.15) is 20.8 Å². The zero-order chi connectivity index (χ0) is 11.1. The number of ether oxygens (including phenoxy) is 1. The van der Waals surface area contributed by atoms with Crippen molar-refractivity contribution in [1.82, 2.24) is 4.90 Å². The molecule has 0 bridgehead atoms. The molecule has 0 N–H and O–H groups in total. The number of hydrogen-bond acceptors (Lipinski definition) is 2. The fourth-order valence-corrected chi connectivity index (χ4v) is 1.51. The van der Waals surface area contributed by atoms with Crippen LogP contribution in [0, 0.1) is 5.92 Å². The molecule has 0 aromatic carbocycles. The van der Waals surface area contributed by atoms with Crippen molar-refractivity contribution in [2.45, 2.75) is 26.1 Å². The van der Waals surface area contributed by atoms with E-state index >= 15 is 0 Å². The number of carbonyl (C=O) groups excluding carboxylic acids is 1. The van der Waals surface area contributed by atoms with Gasteiger partial charge in [-0.2, -0.15) is 0 Å². The molecule has 2 atom stereocenters. The third-order valence-electron chi connectivity index (χ3n) is 2.24. The minimum atomic E-state index is -0.477. The van der Waals surface area contributed by atoms with E-state index < -0.39 is 5.38 Å². The first-order chi connectivity index (χ1) is 6.58. The van der Waals surface area contributed by atoms with Gasteiger partial charge in [-0.05, 0) is 13.8 Å². The van der Waals surface area contributed by atoms with Crippen molar-refractivity contribution in [3.63, 3.8) is 0 Å². The van der Waals surface area contributed by atoms with Crippen molar-refractivity contribution in [3.8, 4) is 0 Å². The lowest BCUT2D eigenvalue weighted by molar-refractivity contribution is -0.131. The first kappa shape index (κ1) is 13.7. The molecule has 2 unspecified atom stereocenters. The first-order valence-electron chi connectivity index (χ1n) is 5.00. The average molecular weight is 222 g/mol. The van der Waals surface area contributed by atoms with Crippen LogP contribution in [0.3, 0.4) is 0 Å². The summed E-state index contributed by atoms with van der Waals surface area (Å²) in [5.74, 6) is 0.0518. The highest BCUT2D eigenvalue weighted by molar-refractivity contribution is 6.30. The number of rotatable bonds is 6. The van der Waals surface area contributed by atoms with E-state index in [4.69, 9.17) is 16.3 Å². The van der Waals surface area contributed by atoms with Gasteiger partial charge in [0.25, 0.3) is 0 Å². The van der Waals surface area contributed by atoms with Gasteiger partial charge in [0.05, 0.1) is 6.61 Å². The summed E-state index contributed by atoms with van der Waals surface area (Å²) in [6.45, 7) is 7.75. The number of hydrogen-bond donors (Lipinski definition) is 0. The quantitative estimate of drug-likeness (QED) is 0.640. The summed E-state index contributed by atoms with van der Waals surface area (Å²) in [4.78, 5) is 13.5. The van der Waals surface area contributed by atoms with Crippen LogP contribution in [-0.4, -0.2) is 43.0 Å². The summed E-state index contributed by atoms with van der Waals surface area (Å²) >= 11 is 6.04. The molecule has 14 heavy (non-hydrogen) atoms. The topological polar surface area (TPSA) is 29.5 Å². The molecule has 0 aliphatic rings. The molecule has 0 saturated heterocycles. The molecular weight excluding hydrogens is 202 g/mol. The van der Waals surface area contributed by atoms with Crippen LogP contribution in [0.25, 0.3) is 0 Å². The molecule has 0 aliphatic carbocycles. The summed E-state index contributed by atoms with van der Waals surface area (Å²) in [5, 5.41) is -0.477. The van der Waals surface area contributed by atoms with Crippen LogP contribution >= 0.6 is 11.6 Å². The predicted octanol–water partition coefficient (Wildman–Crippen LogP) is 1.74. The molecule has 3 nitrogen and oxygen atoms in total. The molecule has 0 aromatic rings.